The molecule has 2 aromatic heterocycles. The Balaban J connectivity index is 1.30. The summed E-state index contributed by atoms with van der Waals surface area (Å²) >= 11 is 0. The van der Waals surface area contributed by atoms with Crippen LogP contribution < -0.4 is 10.5 Å². The van der Waals surface area contributed by atoms with E-state index in [-0.39, 0.29) is 6.04 Å². The summed E-state index contributed by atoms with van der Waals surface area (Å²) in [7, 11) is 0. The summed E-state index contributed by atoms with van der Waals surface area (Å²) in [6.45, 7) is 4.41. The lowest BCUT2D eigenvalue weighted by Crippen LogP contribution is -2.34. The van der Waals surface area contributed by atoms with E-state index < -0.39 is 0 Å². The van der Waals surface area contributed by atoms with Gasteiger partial charge in [-0.05, 0) is 81.0 Å². The fourth-order valence-corrected chi connectivity index (χ4v) is 5.34. The van der Waals surface area contributed by atoms with Crippen LogP contribution in [-0.4, -0.2) is 43.8 Å². The molecule has 1 unspecified atom stereocenters. The normalized spacial score (nSPS) is 18.1. The second-order valence-electron chi connectivity index (χ2n) is 10.3. The number of likely N-dealkylation sites (tertiary alicyclic amines) is 1. The Morgan fingerprint density at radius 3 is 2.74 bits per heavy atom. The molecule has 4 aromatic rings. The maximum atomic E-state index is 9.67. The van der Waals surface area contributed by atoms with Crippen molar-refractivity contribution in [3.05, 3.63) is 72.1 Å². The number of allylic oxidation sites excluding steroid dienone is 1. The number of para-hydroxylation sites is 1. The Morgan fingerprint density at radius 1 is 1.13 bits per heavy atom. The van der Waals surface area contributed by atoms with E-state index in [0.717, 1.165) is 64.3 Å². The zero-order valence-corrected chi connectivity index (χ0v) is 21.5. The number of aryl methyl sites for hydroxylation is 1. The van der Waals surface area contributed by atoms with Gasteiger partial charge in [-0.15, -0.1) is 0 Å². The molecule has 1 aliphatic heterocycles. The van der Waals surface area contributed by atoms with Gasteiger partial charge >= 0.3 is 0 Å². The first kappa shape index (κ1) is 24.1. The number of aromatic nitrogens is 4. The highest BCUT2D eigenvalue weighted by molar-refractivity contribution is 5.98. The van der Waals surface area contributed by atoms with Crippen LogP contribution in [0.15, 0.2) is 66.5 Å². The van der Waals surface area contributed by atoms with E-state index >= 15 is 0 Å². The van der Waals surface area contributed by atoms with Crippen LogP contribution in [0.25, 0.3) is 22.3 Å². The maximum absolute atomic E-state index is 9.67. The highest BCUT2D eigenvalue weighted by Crippen LogP contribution is 2.35. The Labute approximate surface area is 222 Å². The van der Waals surface area contributed by atoms with Crippen molar-refractivity contribution >= 4 is 16.9 Å². The van der Waals surface area contributed by atoms with Gasteiger partial charge in [0.2, 0.25) is 0 Å². The summed E-state index contributed by atoms with van der Waals surface area (Å²) in [6, 6.07) is 18.4. The van der Waals surface area contributed by atoms with Gasteiger partial charge in [0.05, 0.1) is 18.0 Å². The summed E-state index contributed by atoms with van der Waals surface area (Å²) in [6.07, 6.45) is 8.25. The monoisotopic (exact) mass is 505 g/mol. The molecule has 1 saturated heterocycles. The maximum Gasteiger partial charge on any atom is 0.164 e. The smallest absolute Gasteiger partial charge is 0.164 e. The number of rotatable bonds is 8. The molecule has 1 aliphatic carbocycles. The van der Waals surface area contributed by atoms with Gasteiger partial charge in [-0.2, -0.15) is 10.4 Å². The average molecular weight is 506 g/mol. The van der Waals surface area contributed by atoms with Crippen LogP contribution in [0, 0.1) is 24.2 Å². The van der Waals surface area contributed by atoms with Gasteiger partial charge in [-0.1, -0.05) is 24.3 Å². The summed E-state index contributed by atoms with van der Waals surface area (Å²) in [5.41, 5.74) is 10.8. The van der Waals surface area contributed by atoms with Crippen LogP contribution in [0.4, 0.5) is 5.82 Å². The molecule has 1 atom stereocenters. The fourth-order valence-electron chi connectivity index (χ4n) is 5.34. The van der Waals surface area contributed by atoms with Gasteiger partial charge in [-0.3, -0.25) is 4.90 Å². The number of anilines is 1. The molecule has 2 aromatic carbocycles. The zero-order chi connectivity index (χ0) is 26.1. The van der Waals surface area contributed by atoms with Gasteiger partial charge < -0.3 is 10.5 Å². The minimum absolute atomic E-state index is 0.279. The van der Waals surface area contributed by atoms with Gasteiger partial charge in [-0.25, -0.2) is 14.6 Å². The number of nitrogens with two attached hydrogens (primary N) is 1. The number of ether oxygens (including phenoxy) is 1. The highest BCUT2D eigenvalue weighted by Gasteiger charge is 2.29. The standard InChI is InChI=1S/C30H31N7O/c1-20-14-25(38-24-7-3-2-4-8-24)11-12-26(20)28-27-29(32)33-19-34-30(27)37(35-28)18-23-6-5-13-36(23)17-22(16-31)15-21-9-10-21/h2-4,7-8,11-12,14-15,19,21,23H,5-6,9-10,13,17-18H2,1H3,(H2,32,33,34). The third-order valence-electron chi connectivity index (χ3n) is 7.45. The zero-order valence-electron chi connectivity index (χ0n) is 21.5. The Kier molecular flexibility index (Phi) is 6.52. The van der Waals surface area contributed by atoms with E-state index in [9.17, 15) is 5.26 Å². The van der Waals surface area contributed by atoms with E-state index in [0.29, 0.717) is 24.8 Å². The third-order valence-corrected chi connectivity index (χ3v) is 7.45. The van der Waals surface area contributed by atoms with E-state index in [1.165, 1.54) is 19.2 Å². The van der Waals surface area contributed by atoms with Gasteiger partial charge in [0.25, 0.3) is 0 Å². The topological polar surface area (TPSA) is 106 Å². The molecule has 8 nitrogen and oxygen atoms in total. The minimum Gasteiger partial charge on any atom is -0.457 e. The first-order valence-corrected chi connectivity index (χ1v) is 13.2. The van der Waals surface area contributed by atoms with Crippen molar-refractivity contribution in [3.63, 3.8) is 0 Å². The van der Waals surface area contributed by atoms with Gasteiger partial charge in [0.1, 0.15) is 29.3 Å². The number of nitrogens with zero attached hydrogens (tertiary/aromatic N) is 6. The van der Waals surface area contributed by atoms with Crippen molar-refractivity contribution in [3.8, 4) is 28.8 Å². The van der Waals surface area contributed by atoms with E-state index in [1.807, 2.05) is 60.1 Å². The van der Waals surface area contributed by atoms with Crippen LogP contribution in [-0.2, 0) is 6.54 Å². The molecule has 2 aliphatic rings. The number of nitrogen functional groups attached to an aromatic ring is 1. The lowest BCUT2D eigenvalue weighted by molar-refractivity contribution is 0.248. The molecular formula is C30H31N7O. The van der Waals surface area contributed by atoms with Crippen LogP contribution >= 0.6 is 0 Å². The lowest BCUT2D eigenvalue weighted by atomic mass is 10.0. The van der Waals surface area contributed by atoms with Crippen LogP contribution in [0.3, 0.4) is 0 Å². The number of hydrogen-bond donors (Lipinski definition) is 1. The van der Waals surface area contributed by atoms with Crippen LogP contribution in [0.1, 0.15) is 31.2 Å². The van der Waals surface area contributed by atoms with Gasteiger partial charge in [0, 0.05) is 23.7 Å². The van der Waals surface area contributed by atoms with Crippen LogP contribution in [0.2, 0.25) is 0 Å². The second kappa shape index (κ2) is 10.3. The molecule has 3 heterocycles. The summed E-state index contributed by atoms with van der Waals surface area (Å²) < 4.78 is 8.00. The number of fused-ring (bicyclic) bond motifs is 1. The quantitative estimate of drug-likeness (QED) is 0.315. The van der Waals surface area contributed by atoms with Crippen molar-refractivity contribution < 1.29 is 4.74 Å². The Hall–Kier alpha value is -4.22. The Bertz CT molecular complexity index is 1530. The summed E-state index contributed by atoms with van der Waals surface area (Å²) in [5.74, 6) is 2.57. The van der Waals surface area contributed by atoms with Crippen LogP contribution in [0.5, 0.6) is 11.5 Å². The molecule has 38 heavy (non-hydrogen) atoms. The minimum atomic E-state index is 0.279. The SMILES string of the molecule is Cc1cc(Oc2ccccc2)ccc1-c1nn(CC2CCCN2CC(C#N)=CC2CC2)c2ncnc(N)c12. The molecule has 192 valence electrons. The number of nitriles is 1. The predicted molar refractivity (Wildman–Crippen MR) is 147 cm³/mol. The van der Waals surface area contributed by atoms with Crippen molar-refractivity contribution in [2.24, 2.45) is 5.92 Å². The lowest BCUT2D eigenvalue weighted by Gasteiger charge is -2.24. The number of benzene rings is 2. The van der Waals surface area contributed by atoms with Gasteiger partial charge in [0.15, 0.2) is 5.65 Å². The van der Waals surface area contributed by atoms with E-state index in [2.05, 4.69) is 27.0 Å². The third kappa shape index (κ3) is 4.98. The predicted octanol–water partition coefficient (Wildman–Crippen LogP) is 5.50. The molecule has 2 fully saturated rings. The van der Waals surface area contributed by atoms with E-state index in [4.69, 9.17) is 15.6 Å². The highest BCUT2D eigenvalue weighted by atomic mass is 16.5. The summed E-state index contributed by atoms with van der Waals surface area (Å²) in [4.78, 5) is 11.3. The molecule has 6 rings (SSSR count). The first-order chi connectivity index (χ1) is 18.6. The fraction of sp³-hybridized carbons (Fsp3) is 0.333. The van der Waals surface area contributed by atoms with E-state index in [1.54, 1.807) is 0 Å². The molecule has 0 bridgehead atoms. The Morgan fingerprint density at radius 2 is 1.97 bits per heavy atom. The molecule has 0 radical (unpaired) electrons. The molecule has 0 spiro atoms. The molecule has 0 amide bonds. The molecule has 1 saturated carbocycles. The molecule has 8 heteroatoms. The van der Waals surface area contributed by atoms with Crippen molar-refractivity contribution in [1.29, 1.82) is 5.26 Å². The largest absolute Gasteiger partial charge is 0.457 e. The number of hydrogen-bond acceptors (Lipinski definition) is 7. The molecule has 2 N–H and O–H groups in total. The first-order valence-electron chi connectivity index (χ1n) is 13.2. The summed E-state index contributed by atoms with van der Waals surface area (Å²) in [5, 5.41) is 15.5. The average Bonchev–Trinajstić information content (AvgIpc) is 3.52. The van der Waals surface area contributed by atoms with Crippen molar-refractivity contribution in [2.75, 3.05) is 18.8 Å². The van der Waals surface area contributed by atoms with Crippen molar-refractivity contribution in [2.45, 2.75) is 45.2 Å². The molecular weight excluding hydrogens is 474 g/mol. The second-order valence-corrected chi connectivity index (χ2v) is 10.3. The van der Waals surface area contributed by atoms with Crippen molar-refractivity contribution in [1.82, 2.24) is 24.6 Å².